The first-order valence-corrected chi connectivity index (χ1v) is 9.66. The Bertz CT molecular complexity index is 1350. The van der Waals surface area contributed by atoms with Gasteiger partial charge in [-0.3, -0.25) is 13.9 Å². The summed E-state index contributed by atoms with van der Waals surface area (Å²) in [6.07, 6.45) is 0. The number of rotatable bonds is 2. The Morgan fingerprint density at radius 1 is 1.03 bits per heavy atom. The van der Waals surface area contributed by atoms with Crippen molar-refractivity contribution in [1.29, 1.82) is 0 Å². The van der Waals surface area contributed by atoms with Crippen LogP contribution in [0.5, 0.6) is 0 Å². The maximum atomic E-state index is 13.3. The van der Waals surface area contributed by atoms with Gasteiger partial charge >= 0.3 is 5.69 Å². The zero-order chi connectivity index (χ0) is 20.3. The van der Waals surface area contributed by atoms with Crippen LogP contribution < -0.4 is 16.6 Å². The van der Waals surface area contributed by atoms with E-state index in [0.717, 1.165) is 35.0 Å². The second-order valence-electron chi connectivity index (χ2n) is 7.52. The van der Waals surface area contributed by atoms with Crippen molar-refractivity contribution < 1.29 is 4.42 Å². The third-order valence-corrected chi connectivity index (χ3v) is 5.75. The van der Waals surface area contributed by atoms with Gasteiger partial charge in [0.15, 0.2) is 0 Å². The largest absolute Gasteiger partial charge is 0.464 e. The monoisotopic (exact) mass is 390 g/mol. The quantitative estimate of drug-likeness (QED) is 0.570. The summed E-state index contributed by atoms with van der Waals surface area (Å²) >= 11 is 0. The van der Waals surface area contributed by atoms with E-state index in [9.17, 15) is 9.59 Å². The second kappa shape index (κ2) is 6.35. The fraction of sp³-hybridized carbons (Fsp3) is 0.273. The molecule has 0 bridgehead atoms. The van der Waals surface area contributed by atoms with Crippen LogP contribution in [0.25, 0.3) is 22.2 Å². The highest BCUT2D eigenvalue weighted by molar-refractivity contribution is 5.96. The van der Waals surface area contributed by atoms with Gasteiger partial charge < -0.3 is 14.3 Å². The third kappa shape index (κ3) is 2.47. The highest BCUT2D eigenvalue weighted by Crippen LogP contribution is 2.38. The summed E-state index contributed by atoms with van der Waals surface area (Å²) < 4.78 is 10.8. The molecular formula is C22H22N4O3. The van der Waals surface area contributed by atoms with Crippen LogP contribution in [0.4, 0.5) is 0 Å². The molecule has 7 nitrogen and oxygen atoms in total. The maximum Gasteiger partial charge on any atom is 0.331 e. The number of hydrogen-bond acceptors (Lipinski definition) is 4. The van der Waals surface area contributed by atoms with Crippen molar-refractivity contribution in [3.63, 3.8) is 0 Å². The van der Waals surface area contributed by atoms with Gasteiger partial charge in [0.25, 0.3) is 5.56 Å². The van der Waals surface area contributed by atoms with Crippen LogP contribution in [0.3, 0.4) is 0 Å². The van der Waals surface area contributed by atoms with E-state index in [1.54, 1.807) is 11.6 Å². The van der Waals surface area contributed by atoms with Gasteiger partial charge in [-0.1, -0.05) is 30.3 Å². The number of benzene rings is 1. The first-order chi connectivity index (χ1) is 14.0. The lowest BCUT2D eigenvalue weighted by Crippen LogP contribution is -2.38. The minimum Gasteiger partial charge on any atom is -0.464 e. The molecule has 7 heteroatoms. The molecule has 0 radical (unpaired) electrons. The molecule has 4 heterocycles. The summed E-state index contributed by atoms with van der Waals surface area (Å²) in [7, 11) is 3.25. The van der Waals surface area contributed by atoms with E-state index in [1.165, 1.54) is 11.6 Å². The molecule has 0 amide bonds. The summed E-state index contributed by atoms with van der Waals surface area (Å²) in [6.45, 7) is 3.33. The van der Waals surface area contributed by atoms with Gasteiger partial charge in [0.05, 0.1) is 22.3 Å². The Hall–Kier alpha value is -3.32. The molecule has 0 unspecified atom stereocenters. The van der Waals surface area contributed by atoms with Crippen LogP contribution >= 0.6 is 0 Å². The van der Waals surface area contributed by atoms with Crippen molar-refractivity contribution in [2.45, 2.75) is 19.5 Å². The van der Waals surface area contributed by atoms with Crippen LogP contribution in [-0.2, 0) is 20.6 Å². The van der Waals surface area contributed by atoms with Crippen LogP contribution in [0.1, 0.15) is 23.3 Å². The lowest BCUT2D eigenvalue weighted by molar-refractivity contribution is 0.389. The van der Waals surface area contributed by atoms with Crippen molar-refractivity contribution in [1.82, 2.24) is 19.0 Å². The molecule has 0 saturated carbocycles. The van der Waals surface area contributed by atoms with Crippen molar-refractivity contribution >= 4 is 10.9 Å². The molecular weight excluding hydrogens is 368 g/mol. The van der Waals surface area contributed by atoms with Crippen LogP contribution in [0, 0.1) is 6.92 Å². The van der Waals surface area contributed by atoms with Gasteiger partial charge in [-0.15, -0.1) is 0 Å². The molecule has 3 aromatic heterocycles. The van der Waals surface area contributed by atoms with Gasteiger partial charge in [0.1, 0.15) is 17.6 Å². The van der Waals surface area contributed by atoms with E-state index in [2.05, 4.69) is 9.88 Å². The average molecular weight is 390 g/mol. The Balaban J connectivity index is 1.97. The predicted octanol–water partition coefficient (Wildman–Crippen LogP) is 2.30. The summed E-state index contributed by atoms with van der Waals surface area (Å²) in [5.41, 5.74) is 2.73. The first kappa shape index (κ1) is 17.8. The highest BCUT2D eigenvalue weighted by atomic mass is 16.3. The number of hydrogen-bond donors (Lipinski definition) is 1. The molecule has 148 valence electrons. The molecule has 0 spiro atoms. The smallest absolute Gasteiger partial charge is 0.331 e. The van der Waals surface area contributed by atoms with Gasteiger partial charge in [-0.25, -0.2) is 4.79 Å². The molecule has 29 heavy (non-hydrogen) atoms. The predicted molar refractivity (Wildman–Crippen MR) is 111 cm³/mol. The number of nitrogens with zero attached hydrogens (tertiary/aromatic N) is 3. The molecule has 1 N–H and O–H groups in total. The number of nitrogens with one attached hydrogen (secondary N) is 1. The zero-order valence-corrected chi connectivity index (χ0v) is 16.6. The molecule has 0 fully saturated rings. The van der Waals surface area contributed by atoms with E-state index in [1.807, 2.05) is 49.4 Å². The van der Waals surface area contributed by atoms with E-state index in [-0.39, 0.29) is 17.3 Å². The summed E-state index contributed by atoms with van der Waals surface area (Å²) in [5.74, 6) is 1.60. The standard InChI is InChI=1S/C22H22N4O3/c1-13-9-10-15(29-13)17-20-19-16(21(27)25(3)22(28)24(19)2)18(26(20)12-11-23-17)14-7-5-4-6-8-14/h4-10,17,23H,11-12H2,1-3H3/t17-/m0/s1. The molecule has 0 saturated heterocycles. The van der Waals surface area contributed by atoms with Crippen molar-refractivity contribution in [2.24, 2.45) is 14.1 Å². The third-order valence-electron chi connectivity index (χ3n) is 5.75. The summed E-state index contributed by atoms with van der Waals surface area (Å²) in [5, 5.41) is 4.07. The van der Waals surface area contributed by atoms with E-state index >= 15 is 0 Å². The molecule has 1 aliphatic rings. The fourth-order valence-corrected chi connectivity index (χ4v) is 4.42. The molecule has 1 aliphatic heterocycles. The van der Waals surface area contributed by atoms with Crippen LogP contribution in [0.15, 0.2) is 56.5 Å². The summed E-state index contributed by atoms with van der Waals surface area (Å²) in [4.78, 5) is 26.0. The number of furan rings is 1. The van der Waals surface area contributed by atoms with E-state index in [0.29, 0.717) is 17.4 Å². The lowest BCUT2D eigenvalue weighted by Gasteiger charge is -2.27. The Morgan fingerprint density at radius 2 is 1.79 bits per heavy atom. The Morgan fingerprint density at radius 3 is 2.48 bits per heavy atom. The second-order valence-corrected chi connectivity index (χ2v) is 7.52. The molecule has 4 aromatic rings. The minimum atomic E-state index is -0.338. The van der Waals surface area contributed by atoms with Gasteiger partial charge in [-0.2, -0.15) is 0 Å². The van der Waals surface area contributed by atoms with Crippen LogP contribution in [0.2, 0.25) is 0 Å². The Kier molecular flexibility index (Phi) is 3.89. The van der Waals surface area contributed by atoms with E-state index in [4.69, 9.17) is 4.42 Å². The Labute approximate surface area is 166 Å². The van der Waals surface area contributed by atoms with Crippen molar-refractivity contribution in [3.05, 3.63) is 80.5 Å². The highest BCUT2D eigenvalue weighted by Gasteiger charge is 2.33. The van der Waals surface area contributed by atoms with Gasteiger partial charge in [0, 0.05) is 27.2 Å². The zero-order valence-electron chi connectivity index (χ0n) is 16.6. The number of fused-ring (bicyclic) bond motifs is 3. The SMILES string of the molecule is Cc1ccc([C@@H]2NCCn3c(-c4ccccc4)c4c(=O)n(C)c(=O)n(C)c4c32)o1. The molecule has 1 aromatic carbocycles. The summed E-state index contributed by atoms with van der Waals surface area (Å²) in [6, 6.07) is 13.5. The van der Waals surface area contributed by atoms with Gasteiger partial charge in [-0.05, 0) is 24.6 Å². The normalized spacial score (nSPS) is 16.3. The molecule has 1 atom stereocenters. The number of aromatic nitrogens is 3. The average Bonchev–Trinajstić information content (AvgIpc) is 3.32. The molecule has 5 rings (SSSR count). The van der Waals surface area contributed by atoms with Gasteiger partial charge in [0.2, 0.25) is 0 Å². The fourth-order valence-electron chi connectivity index (χ4n) is 4.42. The topological polar surface area (TPSA) is 74.1 Å². The number of aryl methyl sites for hydroxylation is 2. The van der Waals surface area contributed by atoms with Crippen molar-refractivity contribution in [3.8, 4) is 11.3 Å². The van der Waals surface area contributed by atoms with E-state index < -0.39 is 0 Å². The minimum absolute atomic E-state index is 0.241. The lowest BCUT2D eigenvalue weighted by atomic mass is 10.1. The van der Waals surface area contributed by atoms with Crippen molar-refractivity contribution in [2.75, 3.05) is 6.54 Å². The van der Waals surface area contributed by atoms with Crippen LogP contribution in [-0.4, -0.2) is 20.2 Å². The maximum absolute atomic E-state index is 13.3. The first-order valence-electron chi connectivity index (χ1n) is 9.66. The molecule has 0 aliphatic carbocycles.